The summed E-state index contributed by atoms with van der Waals surface area (Å²) in [5, 5.41) is 6.14. The maximum atomic E-state index is 13.2. The molecule has 8 nitrogen and oxygen atoms in total. The first-order chi connectivity index (χ1) is 15.9. The topological polar surface area (TPSA) is 104 Å². The molecule has 2 amide bonds. The molecule has 0 spiro atoms. The summed E-state index contributed by atoms with van der Waals surface area (Å²) in [7, 11) is 0. The fourth-order valence-electron chi connectivity index (χ4n) is 3.43. The molecule has 10 heteroatoms. The van der Waals surface area contributed by atoms with Crippen molar-refractivity contribution in [3.05, 3.63) is 88.2 Å². The van der Waals surface area contributed by atoms with Gasteiger partial charge in [0, 0.05) is 18.6 Å². The number of carbonyl (C=O) groups is 2. The van der Waals surface area contributed by atoms with E-state index in [0.29, 0.717) is 24.3 Å². The van der Waals surface area contributed by atoms with Crippen molar-refractivity contribution in [2.45, 2.75) is 31.8 Å². The first kappa shape index (κ1) is 22.8. The van der Waals surface area contributed by atoms with E-state index < -0.39 is 11.9 Å². The molecule has 3 N–H and O–H groups in total. The van der Waals surface area contributed by atoms with E-state index in [4.69, 9.17) is 23.2 Å². The van der Waals surface area contributed by atoms with Crippen LogP contribution in [-0.4, -0.2) is 37.2 Å². The average Bonchev–Trinajstić information content (AvgIpc) is 3.40. The van der Waals surface area contributed by atoms with Gasteiger partial charge in [-0.15, -0.1) is 0 Å². The molecule has 170 valence electrons. The SMILES string of the molecule is C[C@H](NC(=O)[C@H](CCc1ccccc1)NC(=O)c1cc(Cl)c(Cl)[nH]1)c1cn2cccnc2n1. The first-order valence-electron chi connectivity index (χ1n) is 10.4. The number of imidazole rings is 1. The molecule has 0 saturated heterocycles. The lowest BCUT2D eigenvalue weighted by atomic mass is 10.0. The zero-order valence-corrected chi connectivity index (χ0v) is 19.3. The van der Waals surface area contributed by atoms with Crippen LogP contribution in [0.15, 0.2) is 61.1 Å². The number of hydrogen-bond acceptors (Lipinski definition) is 4. The van der Waals surface area contributed by atoms with E-state index in [2.05, 4.69) is 25.6 Å². The highest BCUT2D eigenvalue weighted by atomic mass is 35.5. The summed E-state index contributed by atoms with van der Waals surface area (Å²) in [6, 6.07) is 11.8. The van der Waals surface area contributed by atoms with Crippen molar-refractivity contribution in [2.75, 3.05) is 0 Å². The number of aromatic amines is 1. The molecule has 3 heterocycles. The van der Waals surface area contributed by atoms with Crippen LogP contribution < -0.4 is 10.6 Å². The molecule has 0 fully saturated rings. The van der Waals surface area contributed by atoms with E-state index >= 15 is 0 Å². The minimum absolute atomic E-state index is 0.168. The predicted molar refractivity (Wildman–Crippen MR) is 126 cm³/mol. The van der Waals surface area contributed by atoms with Crippen molar-refractivity contribution in [2.24, 2.45) is 0 Å². The highest BCUT2D eigenvalue weighted by molar-refractivity contribution is 6.41. The predicted octanol–water partition coefficient (Wildman–Crippen LogP) is 3.97. The molecule has 0 aliphatic heterocycles. The summed E-state index contributed by atoms with van der Waals surface area (Å²) in [6.07, 6.45) is 6.32. The van der Waals surface area contributed by atoms with Crippen LogP contribution in [0.5, 0.6) is 0 Å². The van der Waals surface area contributed by atoms with Gasteiger partial charge in [0.05, 0.1) is 16.8 Å². The Morgan fingerprint density at radius 2 is 1.94 bits per heavy atom. The Morgan fingerprint density at radius 3 is 2.64 bits per heavy atom. The number of hydrogen-bond donors (Lipinski definition) is 3. The molecule has 4 rings (SSSR count). The Balaban J connectivity index is 1.48. The summed E-state index contributed by atoms with van der Waals surface area (Å²) in [5.74, 6) is -0.245. The Morgan fingerprint density at radius 1 is 1.15 bits per heavy atom. The molecule has 0 saturated carbocycles. The second-order valence-electron chi connectivity index (χ2n) is 7.62. The van der Waals surface area contributed by atoms with Gasteiger partial charge in [0.2, 0.25) is 11.7 Å². The molecule has 3 aromatic heterocycles. The van der Waals surface area contributed by atoms with Crippen molar-refractivity contribution in [3.63, 3.8) is 0 Å². The summed E-state index contributed by atoms with van der Waals surface area (Å²) in [6.45, 7) is 1.83. The van der Waals surface area contributed by atoms with Crippen molar-refractivity contribution in [3.8, 4) is 0 Å². The molecule has 1 aromatic carbocycles. The molecule has 0 aliphatic rings. The van der Waals surface area contributed by atoms with E-state index in [1.165, 1.54) is 6.07 Å². The Kier molecular flexibility index (Phi) is 6.96. The monoisotopic (exact) mass is 484 g/mol. The van der Waals surface area contributed by atoms with E-state index in [9.17, 15) is 9.59 Å². The number of halogens is 2. The fraction of sp³-hybridized carbons (Fsp3) is 0.217. The maximum absolute atomic E-state index is 13.2. The normalized spacial score (nSPS) is 12.9. The van der Waals surface area contributed by atoms with Gasteiger partial charge < -0.3 is 15.6 Å². The Labute approximate surface area is 200 Å². The number of fused-ring (bicyclic) bond motifs is 1. The number of carbonyl (C=O) groups excluding carboxylic acids is 2. The van der Waals surface area contributed by atoms with Crippen molar-refractivity contribution in [1.29, 1.82) is 0 Å². The van der Waals surface area contributed by atoms with Crippen molar-refractivity contribution < 1.29 is 9.59 Å². The Bertz CT molecular complexity index is 1220. The van der Waals surface area contributed by atoms with E-state index in [0.717, 1.165) is 5.56 Å². The highest BCUT2D eigenvalue weighted by Gasteiger charge is 2.25. The van der Waals surface area contributed by atoms with Crippen molar-refractivity contribution in [1.82, 2.24) is 30.0 Å². The van der Waals surface area contributed by atoms with Crippen LogP contribution in [0, 0.1) is 0 Å². The number of aromatic nitrogens is 4. The van der Waals surface area contributed by atoms with Crippen LogP contribution >= 0.6 is 23.2 Å². The van der Waals surface area contributed by atoms with Crippen molar-refractivity contribution >= 4 is 40.8 Å². The van der Waals surface area contributed by atoms with Gasteiger partial charge in [-0.1, -0.05) is 53.5 Å². The standard InChI is InChI=1S/C23H22Cl2N6O2/c1-14(19-13-31-11-5-10-26-23(31)30-19)27-21(32)17(9-8-15-6-3-2-4-7-15)29-22(33)18-12-16(24)20(25)28-18/h2-7,10-14,17,28H,8-9H2,1H3,(H,27,32)(H,29,33)/t14-,17-/m0/s1. The minimum atomic E-state index is -0.781. The van der Waals surface area contributed by atoms with E-state index in [1.807, 2.05) is 49.6 Å². The molecule has 0 aliphatic carbocycles. The number of aryl methyl sites for hydroxylation is 1. The number of nitrogens with zero attached hydrogens (tertiary/aromatic N) is 3. The number of amides is 2. The van der Waals surface area contributed by atoms with Crippen LogP contribution in [0.25, 0.3) is 5.78 Å². The van der Waals surface area contributed by atoms with Gasteiger partial charge in [-0.25, -0.2) is 9.97 Å². The number of nitrogens with one attached hydrogen (secondary N) is 3. The molecular formula is C23H22Cl2N6O2. The van der Waals surface area contributed by atoms with E-state index in [1.54, 1.807) is 16.7 Å². The van der Waals surface area contributed by atoms with Gasteiger partial charge in [-0.2, -0.15) is 0 Å². The molecule has 33 heavy (non-hydrogen) atoms. The number of rotatable bonds is 8. The lowest BCUT2D eigenvalue weighted by Gasteiger charge is -2.20. The van der Waals surface area contributed by atoms with Gasteiger partial charge in [-0.3, -0.25) is 14.0 Å². The average molecular weight is 485 g/mol. The maximum Gasteiger partial charge on any atom is 0.268 e. The third kappa shape index (κ3) is 5.53. The second-order valence-corrected chi connectivity index (χ2v) is 8.40. The lowest BCUT2D eigenvalue weighted by Crippen LogP contribution is -2.47. The Hall–Kier alpha value is -3.36. The molecular weight excluding hydrogens is 463 g/mol. The molecule has 2 atom stereocenters. The third-order valence-electron chi connectivity index (χ3n) is 5.21. The third-order valence-corrected chi connectivity index (χ3v) is 5.91. The molecule has 4 aromatic rings. The summed E-state index contributed by atoms with van der Waals surface area (Å²) >= 11 is 11.9. The van der Waals surface area contributed by atoms with Crippen LogP contribution in [0.2, 0.25) is 10.2 Å². The van der Waals surface area contributed by atoms with Gasteiger partial charge in [0.1, 0.15) is 16.9 Å². The lowest BCUT2D eigenvalue weighted by molar-refractivity contribution is -0.123. The first-order valence-corrected chi connectivity index (χ1v) is 11.1. The minimum Gasteiger partial charge on any atom is -0.346 e. The number of H-pyrrole nitrogens is 1. The quantitative estimate of drug-likeness (QED) is 0.351. The molecule has 0 unspecified atom stereocenters. The van der Waals surface area contributed by atoms with Gasteiger partial charge in [-0.05, 0) is 37.5 Å². The number of benzene rings is 1. The zero-order chi connectivity index (χ0) is 23.4. The molecule has 0 radical (unpaired) electrons. The smallest absolute Gasteiger partial charge is 0.268 e. The van der Waals surface area contributed by atoms with Crippen LogP contribution in [-0.2, 0) is 11.2 Å². The molecule has 0 bridgehead atoms. The summed E-state index contributed by atoms with van der Waals surface area (Å²) in [4.78, 5) is 37.3. The largest absolute Gasteiger partial charge is 0.346 e. The van der Waals surface area contributed by atoms with E-state index in [-0.39, 0.29) is 27.8 Å². The zero-order valence-electron chi connectivity index (χ0n) is 17.8. The van der Waals surface area contributed by atoms with Gasteiger partial charge >= 0.3 is 0 Å². The van der Waals surface area contributed by atoms with Gasteiger partial charge in [0.25, 0.3) is 5.91 Å². The van der Waals surface area contributed by atoms with Crippen LogP contribution in [0.3, 0.4) is 0 Å². The highest BCUT2D eigenvalue weighted by Crippen LogP contribution is 2.22. The van der Waals surface area contributed by atoms with Gasteiger partial charge in [0.15, 0.2) is 0 Å². The van der Waals surface area contributed by atoms with Crippen LogP contribution in [0.1, 0.15) is 41.1 Å². The van der Waals surface area contributed by atoms with Crippen LogP contribution in [0.4, 0.5) is 0 Å². The second kappa shape index (κ2) is 10.1. The fourth-order valence-corrected chi connectivity index (χ4v) is 3.74. The summed E-state index contributed by atoms with van der Waals surface area (Å²) in [5.41, 5.74) is 1.91. The summed E-state index contributed by atoms with van der Waals surface area (Å²) < 4.78 is 1.78.